The molecule has 0 radical (unpaired) electrons. The van der Waals surface area contributed by atoms with Gasteiger partial charge >= 0.3 is 0 Å². The van der Waals surface area contributed by atoms with Gasteiger partial charge < -0.3 is 14.5 Å². The van der Waals surface area contributed by atoms with Crippen molar-refractivity contribution >= 4 is 29.1 Å². The Labute approximate surface area is 160 Å². The number of carbonyl (C=O) groups excluding carboxylic acids is 1. The van der Waals surface area contributed by atoms with Crippen LogP contribution in [-0.4, -0.2) is 15.7 Å². The molecule has 0 aliphatic heterocycles. The Morgan fingerprint density at radius 1 is 1.31 bits per heavy atom. The van der Waals surface area contributed by atoms with E-state index >= 15 is 0 Å². The van der Waals surface area contributed by atoms with Crippen molar-refractivity contribution < 1.29 is 13.9 Å². The molecule has 136 valence electrons. The molecule has 6 nitrogen and oxygen atoms in total. The van der Waals surface area contributed by atoms with Gasteiger partial charge in [-0.05, 0) is 37.3 Å². The van der Waals surface area contributed by atoms with E-state index < -0.39 is 0 Å². The second-order valence-electron chi connectivity index (χ2n) is 5.45. The van der Waals surface area contributed by atoms with Gasteiger partial charge in [-0.3, -0.25) is 9.48 Å². The molecule has 3 rings (SSSR count). The SMILES string of the molecule is CCn1ncc(Cl)c1CNC(=O)c1ccc(COc2cccc(Cl)c2)o1. The second kappa shape index (κ2) is 8.29. The summed E-state index contributed by atoms with van der Waals surface area (Å²) in [6.07, 6.45) is 1.56. The van der Waals surface area contributed by atoms with Crippen molar-refractivity contribution in [3.63, 3.8) is 0 Å². The van der Waals surface area contributed by atoms with E-state index in [1.807, 2.05) is 6.92 Å². The lowest BCUT2D eigenvalue weighted by atomic mass is 10.3. The lowest BCUT2D eigenvalue weighted by Gasteiger charge is -2.07. The van der Waals surface area contributed by atoms with E-state index in [2.05, 4.69) is 10.4 Å². The summed E-state index contributed by atoms with van der Waals surface area (Å²) in [6, 6.07) is 10.4. The van der Waals surface area contributed by atoms with Crippen LogP contribution in [0.4, 0.5) is 0 Å². The summed E-state index contributed by atoms with van der Waals surface area (Å²) in [5, 5.41) is 8.01. The van der Waals surface area contributed by atoms with Gasteiger partial charge in [-0.1, -0.05) is 29.3 Å². The molecule has 0 aliphatic rings. The van der Waals surface area contributed by atoms with Crippen LogP contribution in [0.3, 0.4) is 0 Å². The zero-order valence-corrected chi connectivity index (χ0v) is 15.5. The highest BCUT2D eigenvalue weighted by molar-refractivity contribution is 6.31. The Balaban J connectivity index is 1.56. The summed E-state index contributed by atoms with van der Waals surface area (Å²) < 4.78 is 12.9. The lowest BCUT2D eigenvalue weighted by molar-refractivity contribution is 0.0918. The fraction of sp³-hybridized carbons (Fsp3) is 0.222. The molecule has 1 amide bonds. The smallest absolute Gasteiger partial charge is 0.287 e. The minimum absolute atomic E-state index is 0.196. The quantitative estimate of drug-likeness (QED) is 0.648. The fourth-order valence-corrected chi connectivity index (χ4v) is 2.76. The average Bonchev–Trinajstić information content (AvgIpc) is 3.24. The molecule has 0 unspecified atom stereocenters. The van der Waals surface area contributed by atoms with Crippen molar-refractivity contribution in [1.29, 1.82) is 0 Å². The van der Waals surface area contributed by atoms with Gasteiger partial charge in [0.25, 0.3) is 5.91 Å². The molecule has 26 heavy (non-hydrogen) atoms. The van der Waals surface area contributed by atoms with Crippen molar-refractivity contribution in [2.45, 2.75) is 26.6 Å². The van der Waals surface area contributed by atoms with Crippen molar-refractivity contribution in [3.8, 4) is 5.75 Å². The average molecular weight is 394 g/mol. The van der Waals surface area contributed by atoms with Crippen LogP contribution in [0.5, 0.6) is 5.75 Å². The normalized spacial score (nSPS) is 10.7. The zero-order valence-electron chi connectivity index (χ0n) is 14.0. The largest absolute Gasteiger partial charge is 0.486 e. The summed E-state index contributed by atoms with van der Waals surface area (Å²) in [4.78, 5) is 12.2. The van der Waals surface area contributed by atoms with Gasteiger partial charge in [0, 0.05) is 11.6 Å². The van der Waals surface area contributed by atoms with Gasteiger partial charge in [0.1, 0.15) is 18.1 Å². The molecule has 0 aliphatic carbocycles. The van der Waals surface area contributed by atoms with Crippen LogP contribution in [-0.2, 0) is 19.7 Å². The first kappa shape index (κ1) is 18.4. The number of aromatic nitrogens is 2. The summed E-state index contributed by atoms with van der Waals surface area (Å²) in [6.45, 7) is 3.08. The number of benzene rings is 1. The van der Waals surface area contributed by atoms with Crippen LogP contribution in [0.25, 0.3) is 0 Å². The number of furan rings is 1. The molecule has 0 fully saturated rings. The Kier molecular flexibility index (Phi) is 5.85. The van der Waals surface area contributed by atoms with Crippen LogP contribution >= 0.6 is 23.2 Å². The van der Waals surface area contributed by atoms with Crippen molar-refractivity contribution in [1.82, 2.24) is 15.1 Å². The number of amides is 1. The molecular weight excluding hydrogens is 377 g/mol. The summed E-state index contributed by atoms with van der Waals surface area (Å²) in [7, 11) is 0. The molecular formula is C18H17Cl2N3O3. The van der Waals surface area contributed by atoms with Gasteiger partial charge in [-0.15, -0.1) is 0 Å². The monoisotopic (exact) mass is 393 g/mol. The van der Waals surface area contributed by atoms with Crippen molar-refractivity contribution in [2.75, 3.05) is 0 Å². The van der Waals surface area contributed by atoms with Gasteiger partial charge in [-0.25, -0.2) is 0 Å². The van der Waals surface area contributed by atoms with Gasteiger partial charge in [0.2, 0.25) is 0 Å². The van der Waals surface area contributed by atoms with E-state index in [4.69, 9.17) is 32.4 Å². The number of ether oxygens (including phenoxy) is 1. The van der Waals surface area contributed by atoms with Crippen LogP contribution in [0.2, 0.25) is 10.0 Å². The van der Waals surface area contributed by atoms with E-state index in [0.717, 1.165) is 5.69 Å². The summed E-state index contributed by atoms with van der Waals surface area (Å²) in [5.41, 5.74) is 0.749. The molecule has 2 aromatic heterocycles. The molecule has 1 N–H and O–H groups in total. The molecule has 1 aromatic carbocycles. The van der Waals surface area contributed by atoms with Gasteiger partial charge in [-0.2, -0.15) is 5.10 Å². The van der Waals surface area contributed by atoms with Gasteiger partial charge in [0.15, 0.2) is 5.76 Å². The number of carbonyl (C=O) groups is 1. The third kappa shape index (κ3) is 4.39. The van der Waals surface area contributed by atoms with Crippen LogP contribution in [0.15, 0.2) is 47.0 Å². The number of halogens is 2. The van der Waals surface area contributed by atoms with Gasteiger partial charge in [0.05, 0.1) is 23.5 Å². The number of hydrogen-bond acceptors (Lipinski definition) is 4. The first-order valence-electron chi connectivity index (χ1n) is 8.02. The first-order valence-corrected chi connectivity index (χ1v) is 8.78. The molecule has 8 heteroatoms. The molecule has 3 aromatic rings. The third-order valence-electron chi connectivity index (χ3n) is 3.68. The Hall–Kier alpha value is -2.44. The highest BCUT2D eigenvalue weighted by Gasteiger charge is 2.14. The minimum Gasteiger partial charge on any atom is -0.486 e. The van der Waals surface area contributed by atoms with Crippen molar-refractivity contribution in [3.05, 3.63) is 69.9 Å². The Morgan fingerprint density at radius 3 is 2.92 bits per heavy atom. The lowest BCUT2D eigenvalue weighted by Crippen LogP contribution is -2.24. The molecule has 0 bridgehead atoms. The van der Waals surface area contributed by atoms with E-state index in [1.165, 1.54) is 0 Å². The highest BCUT2D eigenvalue weighted by atomic mass is 35.5. The number of rotatable bonds is 7. The number of nitrogens with one attached hydrogen (secondary N) is 1. The highest BCUT2D eigenvalue weighted by Crippen LogP contribution is 2.19. The molecule has 0 saturated carbocycles. The maximum Gasteiger partial charge on any atom is 0.287 e. The predicted molar refractivity (Wildman–Crippen MR) is 98.6 cm³/mol. The fourth-order valence-electron chi connectivity index (χ4n) is 2.38. The second-order valence-corrected chi connectivity index (χ2v) is 6.29. The number of nitrogens with zero attached hydrogens (tertiary/aromatic N) is 2. The van der Waals surface area contributed by atoms with E-state index in [9.17, 15) is 4.79 Å². The number of aryl methyl sites for hydroxylation is 1. The zero-order chi connectivity index (χ0) is 18.5. The van der Waals surface area contributed by atoms with Crippen LogP contribution < -0.4 is 10.1 Å². The van der Waals surface area contributed by atoms with E-state index in [1.54, 1.807) is 47.3 Å². The Morgan fingerprint density at radius 2 is 2.15 bits per heavy atom. The van der Waals surface area contributed by atoms with E-state index in [-0.39, 0.29) is 24.8 Å². The van der Waals surface area contributed by atoms with E-state index in [0.29, 0.717) is 28.1 Å². The third-order valence-corrected chi connectivity index (χ3v) is 4.23. The number of hydrogen-bond donors (Lipinski definition) is 1. The standard InChI is InChI=1S/C18H17Cl2N3O3/c1-2-23-16(15(20)9-22-23)10-21-18(24)17-7-6-14(26-17)11-25-13-5-3-4-12(19)8-13/h3-9H,2,10-11H2,1H3,(H,21,24). The van der Waals surface area contributed by atoms with Crippen molar-refractivity contribution in [2.24, 2.45) is 0 Å². The molecule has 0 spiro atoms. The predicted octanol–water partition coefficient (Wildman–Crippen LogP) is 4.31. The maximum atomic E-state index is 12.2. The molecule has 2 heterocycles. The summed E-state index contributed by atoms with van der Waals surface area (Å²) >= 11 is 12.0. The topological polar surface area (TPSA) is 69.3 Å². The molecule has 0 saturated heterocycles. The minimum atomic E-state index is -0.334. The maximum absolute atomic E-state index is 12.2. The summed E-state index contributed by atoms with van der Waals surface area (Å²) in [5.74, 6) is 1.03. The van der Waals surface area contributed by atoms with Crippen LogP contribution in [0.1, 0.15) is 28.9 Å². The first-order chi connectivity index (χ1) is 12.6. The molecule has 0 atom stereocenters. The Bertz CT molecular complexity index is 905. The van der Waals surface area contributed by atoms with Crippen LogP contribution in [0, 0.1) is 0 Å².